The maximum atomic E-state index is 11.4. The number of hydrogen-bond donors (Lipinski definition) is 4. The molecule has 5 N–H and O–H groups in total. The minimum Gasteiger partial charge on any atom is -0.492 e. The third kappa shape index (κ3) is 18.1. The summed E-state index contributed by atoms with van der Waals surface area (Å²) < 4.78 is 87.8. The number of sulfonamides is 2. The molecule has 0 heterocycles. The van der Waals surface area contributed by atoms with Crippen molar-refractivity contribution >= 4 is 37.4 Å². The Balaban J connectivity index is 0.00000106. The monoisotopic (exact) mass is 626 g/mol. The fourth-order valence-corrected chi connectivity index (χ4v) is 4.49. The number of carboxylic acid groups (broad SMARTS) is 1. The van der Waals surface area contributed by atoms with Gasteiger partial charge < -0.3 is 15.6 Å². The highest BCUT2D eigenvalue weighted by atomic mass is 32.2. The van der Waals surface area contributed by atoms with E-state index < -0.39 is 32.2 Å². The van der Waals surface area contributed by atoms with E-state index in [1.54, 1.807) is 36.4 Å². The van der Waals surface area contributed by atoms with Crippen LogP contribution >= 0.6 is 0 Å². The van der Waals surface area contributed by atoms with Gasteiger partial charge in [-0.15, -0.1) is 0 Å². The zero-order valence-electron chi connectivity index (χ0n) is 22.9. The second-order valence-corrected chi connectivity index (χ2v) is 12.6. The molecular weight excluding hydrogens is 589 g/mol. The predicted octanol–water partition coefficient (Wildman–Crippen LogP) is 3.12. The summed E-state index contributed by atoms with van der Waals surface area (Å²) in [5.74, 6) is -2.08. The number of unbranched alkanes of at least 4 members (excludes halogenated alkanes) is 2. The molecule has 0 saturated carbocycles. The Kier molecular flexibility index (Phi) is 14.9. The van der Waals surface area contributed by atoms with Crippen LogP contribution in [0, 0.1) is 0 Å². The summed E-state index contributed by atoms with van der Waals surface area (Å²) >= 11 is 0. The zero-order chi connectivity index (χ0) is 31.1. The van der Waals surface area contributed by atoms with Crippen molar-refractivity contribution in [3.8, 4) is 5.75 Å². The van der Waals surface area contributed by atoms with E-state index in [1.807, 2.05) is 12.1 Å². The molecule has 0 unspecified atom stereocenters. The number of benzene rings is 2. The summed E-state index contributed by atoms with van der Waals surface area (Å²) in [5.41, 5.74) is 7.78. The van der Waals surface area contributed by atoms with Crippen molar-refractivity contribution in [1.29, 1.82) is 0 Å². The largest absolute Gasteiger partial charge is 0.492 e. The number of nitrogens with two attached hydrogens (primary N) is 1. The zero-order valence-corrected chi connectivity index (χ0v) is 24.5. The van der Waals surface area contributed by atoms with Crippen molar-refractivity contribution in [2.24, 2.45) is 5.73 Å². The number of carbonyl (C=O) groups is 1. The molecule has 0 amide bonds. The van der Waals surface area contributed by atoms with Gasteiger partial charge in [0.2, 0.25) is 20.0 Å². The van der Waals surface area contributed by atoms with E-state index in [0.717, 1.165) is 63.4 Å². The smallest absolute Gasteiger partial charge is 0.490 e. The van der Waals surface area contributed by atoms with Crippen LogP contribution < -0.4 is 19.9 Å². The van der Waals surface area contributed by atoms with Gasteiger partial charge >= 0.3 is 12.1 Å². The SMILES string of the molecule is CS(=O)(=O)Nc1ccc(CCN(CCCCCN)CCOc2ccc(NS(C)(=O)=O)cc2)cc1.O=C(O)C(F)(F)F. The van der Waals surface area contributed by atoms with Crippen molar-refractivity contribution in [2.75, 3.05) is 54.7 Å². The Morgan fingerprint density at radius 2 is 1.34 bits per heavy atom. The number of nitrogens with one attached hydrogen (secondary N) is 2. The molecule has 0 spiro atoms. The maximum absolute atomic E-state index is 11.4. The van der Waals surface area contributed by atoms with Gasteiger partial charge in [-0.25, -0.2) is 21.6 Å². The van der Waals surface area contributed by atoms with Crippen molar-refractivity contribution in [3.05, 3.63) is 54.1 Å². The minimum atomic E-state index is -5.08. The van der Waals surface area contributed by atoms with Crippen molar-refractivity contribution in [1.82, 2.24) is 4.90 Å². The lowest BCUT2D eigenvalue weighted by atomic mass is 10.1. The number of nitrogens with zero attached hydrogens (tertiary/aromatic N) is 1. The minimum absolute atomic E-state index is 0.495. The van der Waals surface area contributed by atoms with Gasteiger partial charge in [-0.2, -0.15) is 13.2 Å². The lowest BCUT2D eigenvalue weighted by Gasteiger charge is -2.22. The van der Waals surface area contributed by atoms with Gasteiger partial charge in [0.1, 0.15) is 12.4 Å². The molecule has 232 valence electrons. The Bertz CT molecular complexity index is 1270. The third-order valence-corrected chi connectivity index (χ3v) is 6.44. The lowest BCUT2D eigenvalue weighted by molar-refractivity contribution is -0.192. The second-order valence-electron chi connectivity index (χ2n) is 9.06. The number of carboxylic acids is 1. The summed E-state index contributed by atoms with van der Waals surface area (Å²) in [4.78, 5) is 11.2. The molecule has 41 heavy (non-hydrogen) atoms. The summed E-state index contributed by atoms with van der Waals surface area (Å²) in [6.07, 6.45) is 1.14. The van der Waals surface area contributed by atoms with Crippen LogP contribution in [-0.4, -0.2) is 84.3 Å². The van der Waals surface area contributed by atoms with Crippen LogP contribution in [0.1, 0.15) is 24.8 Å². The van der Waals surface area contributed by atoms with Crippen molar-refractivity contribution < 1.29 is 44.6 Å². The summed E-state index contributed by atoms with van der Waals surface area (Å²) in [6, 6.07) is 14.2. The molecular formula is C25H37F3N4O7S2. The Morgan fingerprint density at radius 3 is 1.78 bits per heavy atom. The molecule has 2 aromatic carbocycles. The summed E-state index contributed by atoms with van der Waals surface area (Å²) in [7, 11) is -6.59. The molecule has 0 aliphatic heterocycles. The number of aliphatic carboxylic acids is 1. The highest BCUT2D eigenvalue weighted by Gasteiger charge is 2.38. The molecule has 0 saturated heterocycles. The Labute approximate surface area is 239 Å². The predicted molar refractivity (Wildman–Crippen MR) is 152 cm³/mol. The number of hydrogen-bond acceptors (Lipinski definition) is 8. The standard InChI is InChI=1S/C23H36N4O5S2.C2HF3O2/c1-33(28,29)25-21-8-6-20(7-9-21)14-17-27(16-5-3-4-15-24)18-19-32-23-12-10-22(11-13-23)26-34(2,30)31;3-2(4,5)1(6)7/h6-13,25-26H,3-5,14-19,24H2,1-2H3;(H,6,7). The molecule has 11 nitrogen and oxygen atoms in total. The third-order valence-electron chi connectivity index (χ3n) is 5.23. The van der Waals surface area contributed by atoms with E-state index in [1.165, 1.54) is 0 Å². The van der Waals surface area contributed by atoms with Gasteiger partial charge in [-0.3, -0.25) is 14.3 Å². The highest BCUT2D eigenvalue weighted by Crippen LogP contribution is 2.17. The molecule has 16 heteroatoms. The Hall–Kier alpha value is -3.08. The molecule has 0 radical (unpaired) electrons. The van der Waals surface area contributed by atoms with Gasteiger partial charge in [0.05, 0.1) is 12.5 Å². The number of anilines is 2. The molecule has 2 rings (SSSR count). The van der Waals surface area contributed by atoms with Crippen molar-refractivity contribution in [3.63, 3.8) is 0 Å². The van der Waals surface area contributed by atoms with E-state index in [0.29, 0.717) is 30.3 Å². The van der Waals surface area contributed by atoms with Gasteiger partial charge in [0.25, 0.3) is 0 Å². The van der Waals surface area contributed by atoms with Crippen LogP contribution in [0.3, 0.4) is 0 Å². The van der Waals surface area contributed by atoms with Gasteiger partial charge in [-0.1, -0.05) is 18.6 Å². The number of alkyl halides is 3. The summed E-state index contributed by atoms with van der Waals surface area (Å²) in [6.45, 7) is 3.74. The number of rotatable bonds is 16. The van der Waals surface area contributed by atoms with Crippen LogP contribution in [0.15, 0.2) is 48.5 Å². The normalized spacial score (nSPS) is 11.9. The maximum Gasteiger partial charge on any atom is 0.490 e. The van der Waals surface area contributed by atoms with E-state index >= 15 is 0 Å². The molecule has 0 aliphatic rings. The molecule has 0 fully saturated rings. The van der Waals surface area contributed by atoms with E-state index in [4.69, 9.17) is 20.4 Å². The fraction of sp³-hybridized carbons (Fsp3) is 0.480. The summed E-state index contributed by atoms with van der Waals surface area (Å²) in [5, 5.41) is 7.12. The van der Waals surface area contributed by atoms with Gasteiger partial charge in [0.15, 0.2) is 0 Å². The second kappa shape index (κ2) is 17.0. The van der Waals surface area contributed by atoms with Crippen LogP contribution in [0.5, 0.6) is 5.75 Å². The molecule has 0 aromatic heterocycles. The molecule has 0 aliphatic carbocycles. The highest BCUT2D eigenvalue weighted by molar-refractivity contribution is 7.92. The first-order chi connectivity index (χ1) is 19.0. The quantitative estimate of drug-likeness (QED) is 0.205. The van der Waals surface area contributed by atoms with Crippen LogP contribution in [0.25, 0.3) is 0 Å². The Morgan fingerprint density at radius 1 is 0.854 bits per heavy atom. The average Bonchev–Trinajstić information content (AvgIpc) is 2.84. The molecule has 2 aromatic rings. The lowest BCUT2D eigenvalue weighted by Crippen LogP contribution is -2.31. The van der Waals surface area contributed by atoms with Crippen LogP contribution in [-0.2, 0) is 31.3 Å². The van der Waals surface area contributed by atoms with Crippen molar-refractivity contribution in [2.45, 2.75) is 31.9 Å². The van der Waals surface area contributed by atoms with Gasteiger partial charge in [0, 0.05) is 24.5 Å². The first-order valence-electron chi connectivity index (χ1n) is 12.5. The van der Waals surface area contributed by atoms with Crippen LogP contribution in [0.2, 0.25) is 0 Å². The van der Waals surface area contributed by atoms with E-state index in [9.17, 15) is 30.0 Å². The van der Waals surface area contributed by atoms with Gasteiger partial charge in [-0.05, 0) is 74.3 Å². The topological polar surface area (TPSA) is 168 Å². The molecule has 0 bridgehead atoms. The van der Waals surface area contributed by atoms with E-state index in [2.05, 4.69) is 14.3 Å². The van der Waals surface area contributed by atoms with E-state index in [-0.39, 0.29) is 0 Å². The molecule has 0 atom stereocenters. The first kappa shape index (κ1) is 35.9. The van der Waals surface area contributed by atoms with Crippen LogP contribution in [0.4, 0.5) is 24.5 Å². The number of ether oxygens (including phenoxy) is 1. The fourth-order valence-electron chi connectivity index (χ4n) is 3.36. The first-order valence-corrected chi connectivity index (χ1v) is 16.3. The average molecular weight is 627 g/mol. The number of halogens is 3.